The molecular formula is C21H40N4O6. The molecule has 0 bridgehead atoms. The van der Waals surface area contributed by atoms with Crippen molar-refractivity contribution in [3.8, 4) is 0 Å². The maximum Gasteiger partial charge on any atom is 0.326 e. The third kappa shape index (κ3) is 9.65. The smallest absolute Gasteiger partial charge is 0.326 e. The number of nitrogens with two attached hydrogens (primary N) is 1. The molecule has 0 saturated heterocycles. The molecule has 0 aliphatic heterocycles. The fourth-order valence-electron chi connectivity index (χ4n) is 2.89. The summed E-state index contributed by atoms with van der Waals surface area (Å²) in [6.07, 6.45) is 1.47. The number of carbonyl (C=O) groups is 4. The number of hydrogen-bond donors (Lipinski definition) is 6. The number of carboxylic acid groups (broad SMARTS) is 1. The van der Waals surface area contributed by atoms with E-state index in [1.807, 2.05) is 27.7 Å². The van der Waals surface area contributed by atoms with E-state index in [9.17, 15) is 29.4 Å². The molecule has 6 atom stereocenters. The second-order valence-electron chi connectivity index (χ2n) is 8.56. The van der Waals surface area contributed by atoms with E-state index in [4.69, 9.17) is 5.73 Å². The van der Waals surface area contributed by atoms with Gasteiger partial charge in [-0.25, -0.2) is 4.79 Å². The normalized spacial score (nSPS) is 17.1. The summed E-state index contributed by atoms with van der Waals surface area (Å²) in [5.74, 6) is -3.51. The van der Waals surface area contributed by atoms with Gasteiger partial charge < -0.3 is 31.9 Å². The fourth-order valence-corrected chi connectivity index (χ4v) is 2.89. The van der Waals surface area contributed by atoms with Gasteiger partial charge in [0.1, 0.15) is 18.1 Å². The average molecular weight is 445 g/mol. The van der Waals surface area contributed by atoms with Crippen LogP contribution in [0.2, 0.25) is 0 Å². The second kappa shape index (κ2) is 14.0. The Balaban J connectivity index is 5.34. The van der Waals surface area contributed by atoms with Crippen molar-refractivity contribution in [2.24, 2.45) is 23.5 Å². The summed E-state index contributed by atoms with van der Waals surface area (Å²) < 4.78 is 0. The van der Waals surface area contributed by atoms with Gasteiger partial charge in [0.05, 0.1) is 12.6 Å². The Morgan fingerprint density at radius 2 is 1.29 bits per heavy atom. The van der Waals surface area contributed by atoms with Gasteiger partial charge in [-0.2, -0.15) is 0 Å². The first-order chi connectivity index (χ1) is 14.4. The molecular weight excluding hydrogens is 404 g/mol. The minimum atomic E-state index is -1.28. The van der Waals surface area contributed by atoms with Crippen LogP contribution in [0.15, 0.2) is 0 Å². The van der Waals surface area contributed by atoms with Crippen LogP contribution >= 0.6 is 0 Å². The zero-order valence-corrected chi connectivity index (χ0v) is 19.5. The molecule has 0 aromatic rings. The van der Waals surface area contributed by atoms with Gasteiger partial charge in [0.25, 0.3) is 0 Å². The fraction of sp³-hybridized carbons (Fsp3) is 0.810. The zero-order valence-electron chi connectivity index (χ0n) is 19.5. The van der Waals surface area contributed by atoms with Gasteiger partial charge >= 0.3 is 5.97 Å². The molecule has 10 nitrogen and oxygen atoms in total. The Bertz CT molecular complexity index is 613. The van der Waals surface area contributed by atoms with Crippen molar-refractivity contribution in [3.63, 3.8) is 0 Å². The second-order valence-corrected chi connectivity index (χ2v) is 8.56. The molecule has 6 unspecified atom stereocenters. The van der Waals surface area contributed by atoms with E-state index in [-0.39, 0.29) is 24.2 Å². The first-order valence-corrected chi connectivity index (χ1v) is 10.9. The molecule has 10 heteroatoms. The van der Waals surface area contributed by atoms with Gasteiger partial charge in [0.15, 0.2) is 0 Å². The molecule has 0 radical (unpaired) electrons. The number of carbonyl (C=O) groups excluding carboxylic acids is 3. The summed E-state index contributed by atoms with van der Waals surface area (Å²) in [6, 6.07) is -4.23. The van der Waals surface area contributed by atoms with Crippen LogP contribution in [0.1, 0.15) is 60.8 Å². The van der Waals surface area contributed by atoms with Gasteiger partial charge in [-0.1, -0.05) is 54.4 Å². The van der Waals surface area contributed by atoms with Gasteiger partial charge in [-0.3, -0.25) is 14.4 Å². The first-order valence-electron chi connectivity index (χ1n) is 10.9. The number of aliphatic hydroxyl groups excluding tert-OH is 1. The molecule has 0 rings (SSSR count). The van der Waals surface area contributed by atoms with Crippen LogP contribution in [-0.2, 0) is 19.2 Å². The number of nitrogens with one attached hydrogen (secondary N) is 3. The highest BCUT2D eigenvalue weighted by Gasteiger charge is 2.32. The molecule has 0 fully saturated rings. The minimum absolute atomic E-state index is 0.0175. The van der Waals surface area contributed by atoms with E-state index in [1.165, 1.54) is 0 Å². The number of aliphatic carboxylic acids is 1. The zero-order chi connectivity index (χ0) is 24.3. The lowest BCUT2D eigenvalue weighted by molar-refractivity contribution is -0.144. The molecule has 0 aliphatic rings. The van der Waals surface area contributed by atoms with Crippen molar-refractivity contribution in [2.45, 2.75) is 85.0 Å². The summed E-state index contributed by atoms with van der Waals surface area (Å²) in [5.41, 5.74) is 5.87. The average Bonchev–Trinajstić information content (AvgIpc) is 2.72. The van der Waals surface area contributed by atoms with Crippen molar-refractivity contribution in [1.82, 2.24) is 16.0 Å². The lowest BCUT2D eigenvalue weighted by atomic mass is 9.97. The lowest BCUT2D eigenvalue weighted by Crippen LogP contribution is -2.59. The van der Waals surface area contributed by atoms with E-state index in [0.717, 1.165) is 0 Å². The molecule has 0 aromatic heterocycles. The molecule has 0 aromatic carbocycles. The van der Waals surface area contributed by atoms with Crippen LogP contribution in [-0.4, -0.2) is 64.7 Å². The number of hydrogen-bond acceptors (Lipinski definition) is 6. The molecule has 0 aliphatic carbocycles. The standard InChI is InChI=1S/C21H40N4O6/c1-7-12(5)16(22)20(29)24-15(10-26)19(28)23-14(9-11(3)4)18(27)25-17(21(30)31)13(6)8-2/h11-17,26H,7-10,22H2,1-6H3,(H,23,28)(H,24,29)(H,25,27)(H,30,31). The Kier molecular flexibility index (Phi) is 13.0. The molecule has 180 valence electrons. The van der Waals surface area contributed by atoms with Crippen LogP contribution in [0.5, 0.6) is 0 Å². The third-order valence-corrected chi connectivity index (χ3v) is 5.49. The first kappa shape index (κ1) is 28.8. The SMILES string of the molecule is CCC(C)C(N)C(=O)NC(CO)C(=O)NC(CC(C)C)C(=O)NC(C(=O)O)C(C)CC. The van der Waals surface area contributed by atoms with Crippen LogP contribution in [0.3, 0.4) is 0 Å². The van der Waals surface area contributed by atoms with Crippen molar-refractivity contribution in [1.29, 1.82) is 0 Å². The topological polar surface area (TPSA) is 171 Å². The Hall–Kier alpha value is -2.20. The van der Waals surface area contributed by atoms with E-state index < -0.39 is 54.5 Å². The van der Waals surface area contributed by atoms with E-state index in [2.05, 4.69) is 16.0 Å². The number of carboxylic acids is 1. The van der Waals surface area contributed by atoms with Crippen molar-refractivity contribution >= 4 is 23.7 Å². The summed E-state index contributed by atoms with van der Waals surface area (Å²) in [4.78, 5) is 49.2. The van der Waals surface area contributed by atoms with Gasteiger partial charge in [-0.05, 0) is 24.2 Å². The number of amides is 3. The minimum Gasteiger partial charge on any atom is -0.480 e. The van der Waals surface area contributed by atoms with Crippen molar-refractivity contribution in [2.75, 3.05) is 6.61 Å². The van der Waals surface area contributed by atoms with E-state index in [0.29, 0.717) is 12.8 Å². The molecule has 0 heterocycles. The van der Waals surface area contributed by atoms with Crippen LogP contribution < -0.4 is 21.7 Å². The Morgan fingerprint density at radius 3 is 1.71 bits per heavy atom. The monoisotopic (exact) mass is 444 g/mol. The summed E-state index contributed by atoms with van der Waals surface area (Å²) in [6.45, 7) is 10.3. The Labute approximate surface area is 184 Å². The van der Waals surface area contributed by atoms with Gasteiger partial charge in [0, 0.05) is 0 Å². The molecule has 31 heavy (non-hydrogen) atoms. The summed E-state index contributed by atoms with van der Waals surface area (Å²) >= 11 is 0. The maximum absolute atomic E-state index is 12.8. The van der Waals surface area contributed by atoms with Gasteiger partial charge in [0.2, 0.25) is 17.7 Å². The largest absolute Gasteiger partial charge is 0.480 e. The van der Waals surface area contributed by atoms with Crippen LogP contribution in [0, 0.1) is 17.8 Å². The van der Waals surface area contributed by atoms with E-state index in [1.54, 1.807) is 13.8 Å². The summed E-state index contributed by atoms with van der Waals surface area (Å²) in [5, 5.41) is 26.4. The maximum atomic E-state index is 12.8. The number of rotatable bonds is 14. The highest BCUT2D eigenvalue weighted by Crippen LogP contribution is 2.11. The summed E-state index contributed by atoms with van der Waals surface area (Å²) in [7, 11) is 0. The highest BCUT2D eigenvalue weighted by molar-refractivity contribution is 5.94. The lowest BCUT2D eigenvalue weighted by Gasteiger charge is -2.27. The third-order valence-electron chi connectivity index (χ3n) is 5.49. The van der Waals surface area contributed by atoms with Crippen LogP contribution in [0.25, 0.3) is 0 Å². The van der Waals surface area contributed by atoms with Gasteiger partial charge in [-0.15, -0.1) is 0 Å². The van der Waals surface area contributed by atoms with Crippen molar-refractivity contribution < 1.29 is 29.4 Å². The molecule has 7 N–H and O–H groups in total. The van der Waals surface area contributed by atoms with E-state index >= 15 is 0 Å². The highest BCUT2D eigenvalue weighted by atomic mass is 16.4. The quantitative estimate of drug-likeness (QED) is 0.219. The molecule has 0 saturated carbocycles. The predicted molar refractivity (Wildman–Crippen MR) is 117 cm³/mol. The predicted octanol–water partition coefficient (Wildman–Crippen LogP) is -0.0167. The number of aliphatic hydroxyl groups is 1. The Morgan fingerprint density at radius 1 is 0.806 bits per heavy atom. The molecule has 3 amide bonds. The van der Waals surface area contributed by atoms with Crippen molar-refractivity contribution in [3.05, 3.63) is 0 Å². The van der Waals surface area contributed by atoms with Crippen LogP contribution in [0.4, 0.5) is 0 Å². The molecule has 0 spiro atoms.